The van der Waals surface area contributed by atoms with E-state index in [2.05, 4.69) is 54.9 Å². The lowest BCUT2D eigenvalue weighted by Gasteiger charge is -2.26. The third-order valence-corrected chi connectivity index (χ3v) is 6.62. The first-order valence-corrected chi connectivity index (χ1v) is 13.0. The van der Waals surface area contributed by atoms with Gasteiger partial charge in [0.15, 0.2) is 0 Å². The van der Waals surface area contributed by atoms with Gasteiger partial charge in [0.05, 0.1) is 29.9 Å². The second kappa shape index (κ2) is 12.5. The van der Waals surface area contributed by atoms with Gasteiger partial charge in [-0.15, -0.1) is 0 Å². The molecule has 0 unspecified atom stereocenters. The van der Waals surface area contributed by atoms with Crippen LogP contribution in [-0.4, -0.2) is 66.7 Å². The van der Waals surface area contributed by atoms with E-state index in [-0.39, 0.29) is 5.91 Å². The number of anilines is 4. The molecular formula is C31H37N7O2. The number of nitrogens with one attached hydrogen (secondary N) is 2. The van der Waals surface area contributed by atoms with E-state index in [0.29, 0.717) is 23.1 Å². The van der Waals surface area contributed by atoms with Gasteiger partial charge in [0, 0.05) is 68.2 Å². The number of benzene rings is 2. The molecule has 2 N–H and O–H groups in total. The quantitative estimate of drug-likeness (QED) is 0.196. The Morgan fingerprint density at radius 1 is 1.15 bits per heavy atom. The number of allylic oxidation sites excluding steroid dienone is 2. The molecule has 2 aromatic carbocycles. The van der Waals surface area contributed by atoms with E-state index in [0.717, 1.165) is 46.5 Å². The third-order valence-electron chi connectivity index (χ3n) is 6.62. The minimum Gasteiger partial charge on any atom is -0.494 e. The molecule has 0 aliphatic rings. The molecule has 0 fully saturated rings. The van der Waals surface area contributed by atoms with Gasteiger partial charge in [-0.05, 0) is 38.7 Å². The summed E-state index contributed by atoms with van der Waals surface area (Å²) < 4.78 is 7.86. The van der Waals surface area contributed by atoms with Crippen LogP contribution in [0.5, 0.6) is 5.75 Å². The Morgan fingerprint density at radius 2 is 1.93 bits per heavy atom. The molecule has 208 valence electrons. The van der Waals surface area contributed by atoms with Crippen molar-refractivity contribution < 1.29 is 9.53 Å². The molecule has 1 amide bonds. The van der Waals surface area contributed by atoms with Crippen molar-refractivity contribution in [2.45, 2.75) is 6.92 Å². The van der Waals surface area contributed by atoms with Crippen LogP contribution < -0.4 is 20.3 Å². The van der Waals surface area contributed by atoms with Gasteiger partial charge in [-0.3, -0.25) is 4.79 Å². The van der Waals surface area contributed by atoms with Crippen molar-refractivity contribution in [2.75, 3.05) is 56.9 Å². The van der Waals surface area contributed by atoms with Crippen LogP contribution >= 0.6 is 0 Å². The van der Waals surface area contributed by atoms with E-state index >= 15 is 0 Å². The molecule has 0 radical (unpaired) electrons. The Balaban J connectivity index is 1.74. The average molecular weight is 540 g/mol. The summed E-state index contributed by atoms with van der Waals surface area (Å²) in [5.41, 5.74) is 6.06. The number of hydrogen-bond donors (Lipinski definition) is 2. The van der Waals surface area contributed by atoms with Gasteiger partial charge in [-0.1, -0.05) is 36.9 Å². The van der Waals surface area contributed by atoms with E-state index in [1.807, 2.05) is 65.6 Å². The molecule has 0 aliphatic carbocycles. The molecule has 9 nitrogen and oxygen atoms in total. The first-order valence-electron chi connectivity index (χ1n) is 13.0. The minimum absolute atomic E-state index is 0.261. The molecule has 2 heterocycles. The Morgan fingerprint density at radius 3 is 2.65 bits per heavy atom. The number of hydrogen-bond acceptors (Lipinski definition) is 7. The normalized spacial score (nSPS) is 11.3. The smallest absolute Gasteiger partial charge is 0.248 e. The molecule has 4 rings (SSSR count). The summed E-state index contributed by atoms with van der Waals surface area (Å²) in [6, 6.07) is 12.0. The highest BCUT2D eigenvalue weighted by Gasteiger charge is 2.18. The van der Waals surface area contributed by atoms with Crippen molar-refractivity contribution >= 4 is 39.8 Å². The first kappa shape index (κ1) is 28.4. The Labute approximate surface area is 235 Å². The predicted molar refractivity (Wildman–Crippen MR) is 165 cm³/mol. The summed E-state index contributed by atoms with van der Waals surface area (Å²) >= 11 is 0. The van der Waals surface area contributed by atoms with E-state index in [1.165, 1.54) is 6.08 Å². The maximum atomic E-state index is 12.6. The number of amides is 1. The van der Waals surface area contributed by atoms with Crippen molar-refractivity contribution in [3.8, 4) is 17.0 Å². The first-order chi connectivity index (χ1) is 19.2. The number of carbonyl (C=O) groups excluding carboxylic acids is 1. The molecule has 0 saturated carbocycles. The fraction of sp³-hybridized carbons (Fsp3) is 0.258. The van der Waals surface area contributed by atoms with Crippen LogP contribution in [0, 0.1) is 6.92 Å². The maximum Gasteiger partial charge on any atom is 0.248 e. The van der Waals surface area contributed by atoms with Gasteiger partial charge in [-0.25, -0.2) is 9.97 Å². The lowest BCUT2D eigenvalue weighted by molar-refractivity contribution is -0.111. The summed E-state index contributed by atoms with van der Waals surface area (Å²) in [4.78, 5) is 26.3. The number of aromatic nitrogens is 3. The van der Waals surface area contributed by atoms with E-state index < -0.39 is 0 Å². The van der Waals surface area contributed by atoms with Crippen LogP contribution in [0.3, 0.4) is 0 Å². The number of para-hydroxylation sites is 1. The molecule has 4 aromatic rings. The maximum absolute atomic E-state index is 12.6. The Bertz CT molecular complexity index is 1560. The predicted octanol–water partition coefficient (Wildman–Crippen LogP) is 5.37. The van der Waals surface area contributed by atoms with Crippen LogP contribution in [-0.2, 0) is 11.8 Å². The van der Waals surface area contributed by atoms with Gasteiger partial charge >= 0.3 is 0 Å². The highest BCUT2D eigenvalue weighted by Crippen LogP contribution is 2.38. The molecule has 40 heavy (non-hydrogen) atoms. The fourth-order valence-corrected chi connectivity index (χ4v) is 4.48. The van der Waals surface area contributed by atoms with Crippen LogP contribution in [0.1, 0.15) is 5.56 Å². The van der Waals surface area contributed by atoms with Gasteiger partial charge in [-0.2, -0.15) is 0 Å². The molecule has 0 aliphatic heterocycles. The van der Waals surface area contributed by atoms with Gasteiger partial charge in [0.2, 0.25) is 11.9 Å². The van der Waals surface area contributed by atoms with E-state index in [1.54, 1.807) is 19.3 Å². The lowest BCUT2D eigenvalue weighted by Crippen LogP contribution is -2.29. The summed E-state index contributed by atoms with van der Waals surface area (Å²) in [6.45, 7) is 7.24. The molecule has 9 heteroatoms. The highest BCUT2D eigenvalue weighted by atomic mass is 16.5. The number of methoxy groups -OCH3 is 1. The Hall–Kier alpha value is -4.63. The standard InChI is InChI=1S/C31H37N7O2/c1-8-9-14-29(39)33-24-17-25(28(40-7)18-27(24)37(5)16-15-36(3)4)34-31-32-19-21(2)30(35-31)23-20-38(6)26-13-11-10-12-22(23)26/h8-14,17-20H,1,15-16H2,2-7H3,(H,33,39)(H,32,34,35)/b14-9-. The zero-order valence-corrected chi connectivity index (χ0v) is 24.0. The second-order valence-electron chi connectivity index (χ2n) is 9.90. The molecule has 0 saturated heterocycles. The third kappa shape index (κ3) is 6.32. The number of aryl methyl sites for hydroxylation is 2. The van der Waals surface area contributed by atoms with E-state index in [4.69, 9.17) is 9.72 Å². The Kier molecular flexibility index (Phi) is 8.86. The van der Waals surface area contributed by atoms with Crippen molar-refractivity contribution in [1.82, 2.24) is 19.4 Å². The van der Waals surface area contributed by atoms with Crippen LogP contribution in [0.25, 0.3) is 22.2 Å². The van der Waals surface area contributed by atoms with Crippen LogP contribution in [0.15, 0.2) is 73.6 Å². The summed E-state index contributed by atoms with van der Waals surface area (Å²) in [7, 11) is 9.69. The van der Waals surface area contributed by atoms with Crippen molar-refractivity contribution in [3.63, 3.8) is 0 Å². The molecule has 0 bridgehead atoms. The number of carbonyl (C=O) groups is 1. The lowest BCUT2D eigenvalue weighted by atomic mass is 10.1. The molecule has 0 atom stereocenters. The largest absolute Gasteiger partial charge is 0.494 e. The van der Waals surface area contributed by atoms with Gasteiger partial charge < -0.3 is 29.7 Å². The van der Waals surface area contributed by atoms with Gasteiger partial charge in [0.1, 0.15) is 5.75 Å². The van der Waals surface area contributed by atoms with Crippen molar-refractivity contribution in [2.24, 2.45) is 7.05 Å². The number of ether oxygens (including phenoxy) is 1. The van der Waals surface area contributed by atoms with Gasteiger partial charge in [0.25, 0.3) is 0 Å². The monoisotopic (exact) mass is 539 g/mol. The summed E-state index contributed by atoms with van der Waals surface area (Å²) in [5, 5.41) is 7.44. The summed E-state index contributed by atoms with van der Waals surface area (Å²) in [6.07, 6.45) is 8.50. The van der Waals surface area contributed by atoms with Crippen LogP contribution in [0.2, 0.25) is 0 Å². The van der Waals surface area contributed by atoms with E-state index in [9.17, 15) is 4.79 Å². The number of likely N-dealkylation sites (N-methyl/N-ethyl adjacent to an activating group) is 2. The highest BCUT2D eigenvalue weighted by molar-refractivity contribution is 6.02. The number of nitrogens with zero attached hydrogens (tertiary/aromatic N) is 5. The fourth-order valence-electron chi connectivity index (χ4n) is 4.48. The SMILES string of the molecule is C=C/C=C\C(=O)Nc1cc(Nc2ncc(C)c(-c3cn(C)c4ccccc34)n2)c(OC)cc1N(C)CCN(C)C. The van der Waals surface area contributed by atoms with Crippen molar-refractivity contribution in [1.29, 1.82) is 0 Å². The zero-order valence-electron chi connectivity index (χ0n) is 24.0. The molecule has 0 spiro atoms. The molecular weight excluding hydrogens is 502 g/mol. The molecule has 2 aromatic heterocycles. The van der Waals surface area contributed by atoms with Crippen molar-refractivity contribution in [3.05, 3.63) is 79.2 Å². The average Bonchev–Trinajstić information content (AvgIpc) is 3.27. The van der Waals surface area contributed by atoms with Crippen LogP contribution in [0.4, 0.5) is 23.0 Å². The number of fused-ring (bicyclic) bond motifs is 1. The minimum atomic E-state index is -0.261. The summed E-state index contributed by atoms with van der Waals surface area (Å²) in [5.74, 6) is 0.759. The topological polar surface area (TPSA) is 87.5 Å². The number of rotatable bonds is 11. The second-order valence-corrected chi connectivity index (χ2v) is 9.90. The zero-order chi connectivity index (χ0) is 28.8.